The quantitative estimate of drug-likeness (QED) is 0.625. The molecule has 1 nitrogen and oxygen atoms in total. The van der Waals surface area contributed by atoms with E-state index in [1.54, 1.807) is 0 Å². The van der Waals surface area contributed by atoms with Crippen LogP contribution < -0.4 is 0 Å². The maximum atomic E-state index is 6.85. The van der Waals surface area contributed by atoms with Crippen LogP contribution in [0.4, 0.5) is 0 Å². The lowest BCUT2D eigenvalue weighted by molar-refractivity contribution is 1.39. The third kappa shape index (κ3) is 2.67. The molecule has 0 fully saturated rings. The molecule has 0 heterocycles. The molecule has 1 rings (SSSR count). The first-order chi connectivity index (χ1) is 5.34. The van der Waals surface area contributed by atoms with Gasteiger partial charge in [-0.15, -0.1) is 11.8 Å². The van der Waals surface area contributed by atoms with Gasteiger partial charge in [-0.2, -0.15) is 0 Å². The van der Waals surface area contributed by atoms with Crippen molar-refractivity contribution in [2.45, 2.75) is 5.75 Å². The topological polar surface area (TPSA) is 23.9 Å². The molecule has 58 valence electrons. The minimum atomic E-state index is 0.866. The van der Waals surface area contributed by atoms with Crippen molar-refractivity contribution in [1.82, 2.24) is 0 Å². The van der Waals surface area contributed by atoms with Gasteiger partial charge in [0.25, 0.3) is 0 Å². The van der Waals surface area contributed by atoms with Crippen molar-refractivity contribution >= 4 is 33.2 Å². The second-order valence-electron chi connectivity index (χ2n) is 2.02. The Morgan fingerprint density at radius 1 is 1.45 bits per heavy atom. The minimum Gasteiger partial charge on any atom is -0.302 e. The van der Waals surface area contributed by atoms with Crippen LogP contribution in [0.25, 0.3) is 0 Å². The molecule has 0 saturated heterocycles. The molecule has 0 aromatic heterocycles. The average Bonchev–Trinajstić information content (AvgIpc) is 2.03. The maximum absolute atomic E-state index is 6.85. The summed E-state index contributed by atoms with van der Waals surface area (Å²) in [5.74, 6) is 0.866. The van der Waals surface area contributed by atoms with Crippen LogP contribution in [0.2, 0.25) is 0 Å². The lowest BCUT2D eigenvalue weighted by Crippen LogP contribution is -1.80. The summed E-state index contributed by atoms with van der Waals surface area (Å²) >= 11 is 4.93. The van der Waals surface area contributed by atoms with E-state index >= 15 is 0 Å². The zero-order valence-electron chi connectivity index (χ0n) is 5.88. The van der Waals surface area contributed by atoms with Crippen molar-refractivity contribution in [3.8, 4) is 0 Å². The highest BCUT2D eigenvalue weighted by Gasteiger charge is 1.95. The van der Waals surface area contributed by atoms with Crippen LogP contribution in [-0.4, -0.2) is 5.55 Å². The van der Waals surface area contributed by atoms with Crippen LogP contribution in [0.1, 0.15) is 5.56 Å². The standard InChI is InChI=1S/C8H8BrNS/c9-8-4-2-1-3-7(8)5-11-6-10/h1-4,6,10H,5H2. The Hall–Kier alpha value is -0.280. The van der Waals surface area contributed by atoms with Gasteiger partial charge in [0.15, 0.2) is 0 Å². The van der Waals surface area contributed by atoms with Crippen LogP contribution in [-0.2, 0) is 5.75 Å². The zero-order valence-corrected chi connectivity index (χ0v) is 8.28. The minimum absolute atomic E-state index is 0.866. The molecule has 0 aliphatic rings. The summed E-state index contributed by atoms with van der Waals surface area (Å²) in [6.07, 6.45) is 0. The van der Waals surface area contributed by atoms with Crippen LogP contribution in [0.15, 0.2) is 28.7 Å². The molecule has 0 atom stereocenters. The van der Waals surface area contributed by atoms with E-state index in [1.165, 1.54) is 22.9 Å². The highest BCUT2D eigenvalue weighted by atomic mass is 79.9. The van der Waals surface area contributed by atoms with Crippen molar-refractivity contribution in [3.63, 3.8) is 0 Å². The van der Waals surface area contributed by atoms with E-state index in [0.29, 0.717) is 0 Å². The summed E-state index contributed by atoms with van der Waals surface area (Å²) in [5, 5.41) is 6.85. The molecule has 0 spiro atoms. The molecule has 0 saturated carbocycles. The van der Waals surface area contributed by atoms with Gasteiger partial charge in [0, 0.05) is 10.2 Å². The fourth-order valence-corrected chi connectivity index (χ4v) is 1.87. The largest absolute Gasteiger partial charge is 0.302 e. The fourth-order valence-electron chi connectivity index (χ4n) is 0.747. The summed E-state index contributed by atoms with van der Waals surface area (Å²) in [6, 6.07) is 8.06. The van der Waals surface area contributed by atoms with Crippen molar-refractivity contribution in [1.29, 1.82) is 5.41 Å². The van der Waals surface area contributed by atoms with Gasteiger partial charge in [0.2, 0.25) is 0 Å². The predicted octanol–water partition coefficient (Wildman–Crippen LogP) is 3.29. The Balaban J connectivity index is 2.69. The molecule has 3 heteroatoms. The Morgan fingerprint density at radius 3 is 2.82 bits per heavy atom. The van der Waals surface area contributed by atoms with Gasteiger partial charge >= 0.3 is 0 Å². The van der Waals surface area contributed by atoms with Crippen LogP contribution in [0.5, 0.6) is 0 Å². The molecule has 0 unspecified atom stereocenters. The van der Waals surface area contributed by atoms with E-state index < -0.39 is 0 Å². The summed E-state index contributed by atoms with van der Waals surface area (Å²) in [7, 11) is 0. The van der Waals surface area contributed by atoms with E-state index in [4.69, 9.17) is 5.41 Å². The molecular weight excluding hydrogens is 222 g/mol. The van der Waals surface area contributed by atoms with E-state index in [9.17, 15) is 0 Å². The Labute approximate surface area is 78.8 Å². The Kier molecular flexibility index (Phi) is 3.66. The summed E-state index contributed by atoms with van der Waals surface area (Å²) < 4.78 is 1.12. The highest BCUT2D eigenvalue weighted by molar-refractivity contribution is 9.10. The highest BCUT2D eigenvalue weighted by Crippen LogP contribution is 2.19. The normalized spacial score (nSPS) is 9.55. The van der Waals surface area contributed by atoms with Gasteiger partial charge in [-0.05, 0) is 11.6 Å². The van der Waals surface area contributed by atoms with Crippen molar-refractivity contribution in [2.24, 2.45) is 0 Å². The van der Waals surface area contributed by atoms with Gasteiger partial charge in [-0.1, -0.05) is 34.1 Å². The Bertz CT molecular complexity index is 250. The fraction of sp³-hybridized carbons (Fsp3) is 0.125. The SMILES string of the molecule is N=CSCc1ccccc1Br. The molecule has 0 aliphatic heterocycles. The predicted molar refractivity (Wildman–Crippen MR) is 54.2 cm³/mol. The van der Waals surface area contributed by atoms with E-state index in [1.807, 2.05) is 18.2 Å². The molecular formula is C8H8BrNS. The molecule has 0 bridgehead atoms. The third-order valence-corrected chi connectivity index (χ3v) is 2.70. The number of nitrogens with one attached hydrogen (secondary N) is 1. The number of halogens is 1. The van der Waals surface area contributed by atoms with Crippen LogP contribution in [0.3, 0.4) is 0 Å². The summed E-state index contributed by atoms with van der Waals surface area (Å²) in [5.41, 5.74) is 2.60. The molecule has 1 N–H and O–H groups in total. The van der Waals surface area contributed by atoms with Crippen molar-refractivity contribution in [3.05, 3.63) is 34.3 Å². The van der Waals surface area contributed by atoms with E-state index in [0.717, 1.165) is 10.2 Å². The van der Waals surface area contributed by atoms with Crippen molar-refractivity contribution < 1.29 is 0 Å². The van der Waals surface area contributed by atoms with Gasteiger partial charge in [-0.25, -0.2) is 0 Å². The first kappa shape index (κ1) is 8.81. The summed E-state index contributed by atoms with van der Waals surface area (Å²) in [6.45, 7) is 0. The maximum Gasteiger partial charge on any atom is 0.0509 e. The number of hydrogen-bond donors (Lipinski definition) is 1. The molecule has 0 amide bonds. The van der Waals surface area contributed by atoms with E-state index in [2.05, 4.69) is 22.0 Å². The van der Waals surface area contributed by atoms with Gasteiger partial charge < -0.3 is 5.41 Å². The molecule has 0 radical (unpaired) electrons. The number of benzene rings is 1. The molecule has 1 aromatic carbocycles. The zero-order chi connectivity index (χ0) is 8.10. The van der Waals surface area contributed by atoms with Crippen LogP contribution in [0, 0.1) is 5.41 Å². The van der Waals surface area contributed by atoms with Gasteiger partial charge in [0.1, 0.15) is 0 Å². The van der Waals surface area contributed by atoms with Crippen molar-refractivity contribution in [2.75, 3.05) is 0 Å². The number of rotatable bonds is 3. The lowest BCUT2D eigenvalue weighted by Gasteiger charge is -1.99. The van der Waals surface area contributed by atoms with Crippen LogP contribution >= 0.6 is 27.7 Å². The summed E-state index contributed by atoms with van der Waals surface area (Å²) in [4.78, 5) is 0. The molecule has 0 aliphatic carbocycles. The first-order valence-electron chi connectivity index (χ1n) is 3.18. The van der Waals surface area contributed by atoms with E-state index in [-0.39, 0.29) is 0 Å². The third-order valence-electron chi connectivity index (χ3n) is 1.28. The molecule has 1 aromatic rings. The average molecular weight is 230 g/mol. The monoisotopic (exact) mass is 229 g/mol. The molecule has 11 heavy (non-hydrogen) atoms. The number of hydrogen-bond acceptors (Lipinski definition) is 2. The first-order valence-corrected chi connectivity index (χ1v) is 5.02. The Morgan fingerprint density at radius 2 is 2.18 bits per heavy atom. The second-order valence-corrected chi connectivity index (χ2v) is 3.73. The second kappa shape index (κ2) is 4.57. The van der Waals surface area contributed by atoms with Gasteiger partial charge in [0.05, 0.1) is 5.55 Å². The smallest absolute Gasteiger partial charge is 0.0509 e. The lowest BCUT2D eigenvalue weighted by atomic mass is 10.2. The van der Waals surface area contributed by atoms with Gasteiger partial charge in [-0.3, -0.25) is 0 Å². The number of thioether (sulfide) groups is 1.